The van der Waals surface area contributed by atoms with E-state index >= 15 is 0 Å². The van der Waals surface area contributed by atoms with Gasteiger partial charge in [-0.1, -0.05) is 29.4 Å². The van der Waals surface area contributed by atoms with Crippen molar-refractivity contribution in [1.82, 2.24) is 5.16 Å². The number of carbonyl (C=O) groups excluding carboxylic acids is 1. The molecule has 0 bridgehead atoms. The zero-order chi connectivity index (χ0) is 18.7. The van der Waals surface area contributed by atoms with Crippen molar-refractivity contribution in [1.29, 1.82) is 0 Å². The molecule has 0 saturated carbocycles. The van der Waals surface area contributed by atoms with Crippen LogP contribution in [0.25, 0.3) is 0 Å². The van der Waals surface area contributed by atoms with Crippen LogP contribution in [0.15, 0.2) is 64.0 Å². The second-order valence-corrected chi connectivity index (χ2v) is 7.41. The number of sulfonamides is 1. The molecule has 2 N–H and O–H groups in total. The molecule has 3 rings (SSSR count). The van der Waals surface area contributed by atoms with Crippen molar-refractivity contribution in [3.8, 4) is 0 Å². The van der Waals surface area contributed by atoms with Crippen molar-refractivity contribution in [2.45, 2.75) is 18.7 Å². The fraction of sp³-hybridized carbons (Fsp3) is 0.111. The van der Waals surface area contributed by atoms with Crippen molar-refractivity contribution >= 4 is 27.4 Å². The Morgan fingerprint density at radius 3 is 2.50 bits per heavy atom. The molecule has 0 aliphatic rings. The van der Waals surface area contributed by atoms with Gasteiger partial charge >= 0.3 is 0 Å². The van der Waals surface area contributed by atoms with E-state index in [9.17, 15) is 13.2 Å². The van der Waals surface area contributed by atoms with Crippen LogP contribution >= 0.6 is 0 Å². The van der Waals surface area contributed by atoms with Crippen LogP contribution in [0.2, 0.25) is 0 Å². The maximum Gasteiger partial charge on any atom is 0.263 e. The van der Waals surface area contributed by atoms with Gasteiger partial charge in [0.2, 0.25) is 0 Å². The molecule has 1 aromatic heterocycles. The SMILES string of the molecule is Cc1cc(NS(=O)(=O)c2cccc(C(=O)Nc3ccccc3C)c2)no1. The topological polar surface area (TPSA) is 101 Å². The van der Waals surface area contributed by atoms with E-state index in [2.05, 4.69) is 15.2 Å². The fourth-order valence-electron chi connectivity index (χ4n) is 2.32. The minimum absolute atomic E-state index is 0.0458. The first-order valence-electron chi connectivity index (χ1n) is 7.78. The summed E-state index contributed by atoms with van der Waals surface area (Å²) in [5, 5.41) is 6.38. The molecule has 0 saturated heterocycles. The first-order chi connectivity index (χ1) is 12.3. The standard InChI is InChI=1S/C18H17N3O4S/c1-12-6-3-4-9-16(12)19-18(22)14-7-5-8-15(11-14)26(23,24)21-17-10-13(2)25-20-17/h3-11H,1-2H3,(H,19,22)(H,20,21). The van der Waals surface area contributed by atoms with Crippen molar-refractivity contribution in [2.24, 2.45) is 0 Å². The molecule has 0 fully saturated rings. The summed E-state index contributed by atoms with van der Waals surface area (Å²) in [6.07, 6.45) is 0. The lowest BCUT2D eigenvalue weighted by Gasteiger charge is -2.10. The van der Waals surface area contributed by atoms with E-state index in [0.29, 0.717) is 11.4 Å². The van der Waals surface area contributed by atoms with Gasteiger partial charge in [-0.25, -0.2) is 8.42 Å². The second kappa shape index (κ2) is 7.01. The summed E-state index contributed by atoms with van der Waals surface area (Å²) in [5.41, 5.74) is 1.81. The summed E-state index contributed by atoms with van der Waals surface area (Å²) in [6, 6.07) is 14.6. The first kappa shape index (κ1) is 17.7. The largest absolute Gasteiger partial charge is 0.360 e. The lowest BCUT2D eigenvalue weighted by Crippen LogP contribution is -2.16. The number of nitrogens with zero attached hydrogens (tertiary/aromatic N) is 1. The van der Waals surface area contributed by atoms with Gasteiger partial charge in [0.25, 0.3) is 15.9 Å². The summed E-state index contributed by atoms with van der Waals surface area (Å²) in [7, 11) is -3.89. The number of rotatable bonds is 5. The van der Waals surface area contributed by atoms with E-state index < -0.39 is 15.9 Å². The van der Waals surface area contributed by atoms with Crippen LogP contribution in [-0.2, 0) is 10.0 Å². The molecule has 0 spiro atoms. The highest BCUT2D eigenvalue weighted by atomic mass is 32.2. The molecule has 2 aromatic carbocycles. The number of carbonyl (C=O) groups is 1. The van der Waals surface area contributed by atoms with Gasteiger partial charge in [-0.05, 0) is 43.7 Å². The number of anilines is 2. The van der Waals surface area contributed by atoms with Crippen molar-refractivity contribution in [2.75, 3.05) is 10.0 Å². The minimum Gasteiger partial charge on any atom is -0.360 e. The summed E-state index contributed by atoms with van der Waals surface area (Å²) in [5.74, 6) is 0.167. The number of benzene rings is 2. The number of aryl methyl sites for hydroxylation is 2. The third-order valence-electron chi connectivity index (χ3n) is 3.67. The van der Waals surface area contributed by atoms with Gasteiger partial charge in [0.1, 0.15) is 5.76 Å². The summed E-state index contributed by atoms with van der Waals surface area (Å²) in [6.45, 7) is 3.53. The fourth-order valence-corrected chi connectivity index (χ4v) is 3.35. The van der Waals surface area contributed by atoms with E-state index in [-0.39, 0.29) is 16.3 Å². The maximum absolute atomic E-state index is 12.5. The van der Waals surface area contributed by atoms with Gasteiger partial charge in [-0.15, -0.1) is 0 Å². The number of nitrogens with one attached hydrogen (secondary N) is 2. The average molecular weight is 371 g/mol. The first-order valence-corrected chi connectivity index (χ1v) is 9.27. The van der Waals surface area contributed by atoms with Crippen LogP contribution in [0, 0.1) is 13.8 Å². The molecule has 1 heterocycles. The number of amides is 1. The Kier molecular flexibility index (Phi) is 4.77. The van der Waals surface area contributed by atoms with Crippen LogP contribution in [-0.4, -0.2) is 19.5 Å². The summed E-state index contributed by atoms with van der Waals surface area (Å²) < 4.78 is 32.1. The molecule has 26 heavy (non-hydrogen) atoms. The van der Waals surface area contributed by atoms with Crippen LogP contribution in [0.1, 0.15) is 21.7 Å². The second-order valence-electron chi connectivity index (χ2n) is 5.73. The highest BCUT2D eigenvalue weighted by molar-refractivity contribution is 7.92. The molecule has 0 radical (unpaired) electrons. The minimum atomic E-state index is -3.89. The predicted molar refractivity (Wildman–Crippen MR) is 97.6 cm³/mol. The summed E-state index contributed by atoms with van der Waals surface area (Å²) in [4.78, 5) is 12.4. The average Bonchev–Trinajstić information content (AvgIpc) is 3.01. The molecule has 134 valence electrons. The van der Waals surface area contributed by atoms with Crippen LogP contribution in [0.4, 0.5) is 11.5 Å². The van der Waals surface area contributed by atoms with E-state index in [0.717, 1.165) is 5.56 Å². The molecule has 7 nitrogen and oxygen atoms in total. The Morgan fingerprint density at radius 1 is 1.04 bits per heavy atom. The van der Waals surface area contributed by atoms with E-state index in [1.165, 1.54) is 24.3 Å². The zero-order valence-corrected chi connectivity index (χ0v) is 15.0. The van der Waals surface area contributed by atoms with Crippen LogP contribution < -0.4 is 10.0 Å². The molecule has 0 unspecified atom stereocenters. The van der Waals surface area contributed by atoms with Gasteiger partial charge in [0.05, 0.1) is 4.90 Å². The number of para-hydroxylation sites is 1. The van der Waals surface area contributed by atoms with Gasteiger partial charge < -0.3 is 9.84 Å². The third kappa shape index (κ3) is 3.92. The molecular weight excluding hydrogens is 354 g/mol. The predicted octanol–water partition coefficient (Wildman–Crippen LogP) is 3.34. The number of hydrogen-bond donors (Lipinski definition) is 2. The van der Waals surface area contributed by atoms with Gasteiger partial charge in [-0.3, -0.25) is 9.52 Å². The van der Waals surface area contributed by atoms with Crippen LogP contribution in [0.3, 0.4) is 0 Å². The molecule has 1 amide bonds. The maximum atomic E-state index is 12.5. The van der Waals surface area contributed by atoms with Gasteiger partial charge in [0.15, 0.2) is 5.82 Å². The molecular formula is C18H17N3O4S. The zero-order valence-electron chi connectivity index (χ0n) is 14.2. The molecule has 0 aliphatic heterocycles. The molecule has 3 aromatic rings. The Balaban J connectivity index is 1.83. The Hall–Kier alpha value is -3.13. The quantitative estimate of drug-likeness (QED) is 0.716. The number of aromatic nitrogens is 1. The Morgan fingerprint density at radius 2 is 1.81 bits per heavy atom. The highest BCUT2D eigenvalue weighted by Gasteiger charge is 2.18. The normalized spacial score (nSPS) is 11.2. The Bertz CT molecular complexity index is 1060. The lowest BCUT2D eigenvalue weighted by atomic mass is 10.1. The van der Waals surface area contributed by atoms with Crippen molar-refractivity contribution in [3.05, 3.63) is 71.5 Å². The highest BCUT2D eigenvalue weighted by Crippen LogP contribution is 2.19. The van der Waals surface area contributed by atoms with Crippen molar-refractivity contribution < 1.29 is 17.7 Å². The van der Waals surface area contributed by atoms with Gasteiger partial charge in [-0.2, -0.15) is 0 Å². The monoisotopic (exact) mass is 371 g/mol. The smallest absolute Gasteiger partial charge is 0.263 e. The Labute approximate surface area is 151 Å². The van der Waals surface area contributed by atoms with E-state index in [1.54, 1.807) is 19.1 Å². The summed E-state index contributed by atoms with van der Waals surface area (Å²) >= 11 is 0. The molecule has 8 heteroatoms. The van der Waals surface area contributed by atoms with Crippen molar-refractivity contribution in [3.63, 3.8) is 0 Å². The molecule has 0 aliphatic carbocycles. The van der Waals surface area contributed by atoms with Crippen LogP contribution in [0.5, 0.6) is 0 Å². The van der Waals surface area contributed by atoms with E-state index in [4.69, 9.17) is 4.52 Å². The lowest BCUT2D eigenvalue weighted by molar-refractivity contribution is 0.102. The number of hydrogen-bond acceptors (Lipinski definition) is 5. The van der Waals surface area contributed by atoms with Gasteiger partial charge in [0, 0.05) is 17.3 Å². The molecule has 0 atom stereocenters. The van der Waals surface area contributed by atoms with E-state index in [1.807, 2.05) is 25.1 Å². The third-order valence-corrected chi connectivity index (χ3v) is 5.02.